The van der Waals surface area contributed by atoms with Crippen LogP contribution < -0.4 is 5.32 Å². The number of thioether (sulfide) groups is 1. The Labute approximate surface area is 202 Å². The van der Waals surface area contributed by atoms with Crippen LogP contribution in [0.3, 0.4) is 0 Å². The van der Waals surface area contributed by atoms with Gasteiger partial charge in [-0.15, -0.1) is 21.5 Å². The third-order valence-corrected chi connectivity index (χ3v) is 7.77. The molecule has 1 N–H and O–H groups in total. The van der Waals surface area contributed by atoms with Crippen molar-refractivity contribution in [3.8, 4) is 17.3 Å². The smallest absolute Gasteiger partial charge is 0.210 e. The molecule has 2 aromatic heterocycles. The van der Waals surface area contributed by atoms with E-state index in [0.29, 0.717) is 19.5 Å². The van der Waals surface area contributed by atoms with Crippen LogP contribution in [0.25, 0.3) is 11.3 Å². The van der Waals surface area contributed by atoms with Crippen molar-refractivity contribution in [1.29, 1.82) is 5.26 Å². The van der Waals surface area contributed by atoms with Gasteiger partial charge in [0.1, 0.15) is 5.01 Å². The third kappa shape index (κ3) is 5.34. The SMILES string of the molecule is Cc1ccc(Nc2nnc(SCC(=O)C(C#N)c3nc(-c4ccccc4)cs3)s2)cc1Cl. The highest BCUT2D eigenvalue weighted by Crippen LogP contribution is 2.31. The van der Waals surface area contributed by atoms with Crippen molar-refractivity contribution in [3.05, 3.63) is 69.5 Å². The second-order valence-corrected chi connectivity index (χ2v) is 10.2. The number of aryl methyl sites for hydroxylation is 1. The Hall–Kier alpha value is -2.77. The Morgan fingerprint density at radius 1 is 1.25 bits per heavy atom. The molecule has 0 aliphatic heterocycles. The number of nitrogens with zero attached hydrogens (tertiary/aromatic N) is 4. The highest BCUT2D eigenvalue weighted by molar-refractivity contribution is 8.01. The summed E-state index contributed by atoms with van der Waals surface area (Å²) in [5.41, 5.74) is 3.53. The maximum Gasteiger partial charge on any atom is 0.210 e. The molecular weight excluding hydrogens is 482 g/mol. The van der Waals surface area contributed by atoms with E-state index in [1.54, 1.807) is 0 Å². The van der Waals surface area contributed by atoms with E-state index in [9.17, 15) is 10.1 Å². The number of carbonyl (C=O) groups excluding carboxylic acids is 1. The lowest BCUT2D eigenvalue weighted by Crippen LogP contribution is -2.13. The van der Waals surface area contributed by atoms with Crippen LogP contribution >= 0.6 is 46.0 Å². The minimum atomic E-state index is -0.898. The lowest BCUT2D eigenvalue weighted by Gasteiger charge is -2.04. The van der Waals surface area contributed by atoms with Crippen LogP contribution in [0.15, 0.2) is 58.3 Å². The quantitative estimate of drug-likeness (QED) is 0.284. The number of halogens is 1. The van der Waals surface area contributed by atoms with Crippen LogP contribution in [-0.2, 0) is 4.79 Å². The standard InChI is InChI=1S/C22H16ClN5OS3/c1-13-7-8-15(9-17(13)23)25-21-27-28-22(32-21)31-12-19(29)16(10-24)20-26-18(11-30-20)14-5-3-2-4-6-14/h2-9,11,16H,12H2,1H3,(H,25,27). The summed E-state index contributed by atoms with van der Waals surface area (Å²) in [5.74, 6) is -0.990. The molecular formula is C22H16ClN5OS3. The summed E-state index contributed by atoms with van der Waals surface area (Å²) in [6, 6.07) is 17.4. The number of ketones is 1. The largest absolute Gasteiger partial charge is 0.330 e. The summed E-state index contributed by atoms with van der Waals surface area (Å²) in [6.07, 6.45) is 0. The summed E-state index contributed by atoms with van der Waals surface area (Å²) < 4.78 is 0.639. The molecule has 160 valence electrons. The molecule has 0 aliphatic rings. The number of hydrogen-bond donors (Lipinski definition) is 1. The topological polar surface area (TPSA) is 91.6 Å². The van der Waals surface area contributed by atoms with E-state index < -0.39 is 5.92 Å². The van der Waals surface area contributed by atoms with Crippen LogP contribution in [0.4, 0.5) is 10.8 Å². The number of carbonyl (C=O) groups is 1. The number of benzene rings is 2. The second kappa shape index (κ2) is 10.2. The first kappa shape index (κ1) is 22.4. The fraction of sp³-hybridized carbons (Fsp3) is 0.136. The average Bonchev–Trinajstić information content (AvgIpc) is 3.46. The maximum atomic E-state index is 12.7. The zero-order chi connectivity index (χ0) is 22.5. The Morgan fingerprint density at radius 3 is 2.81 bits per heavy atom. The molecule has 0 aliphatic carbocycles. The summed E-state index contributed by atoms with van der Waals surface area (Å²) in [6.45, 7) is 1.94. The van der Waals surface area contributed by atoms with Crippen molar-refractivity contribution in [2.24, 2.45) is 0 Å². The number of thiazole rings is 1. The minimum absolute atomic E-state index is 0.115. The first-order valence-corrected chi connectivity index (χ1v) is 12.5. The van der Waals surface area contributed by atoms with Crippen molar-refractivity contribution >= 4 is 62.6 Å². The molecule has 4 aromatic rings. The van der Waals surface area contributed by atoms with Crippen LogP contribution in [0, 0.1) is 18.3 Å². The lowest BCUT2D eigenvalue weighted by molar-refractivity contribution is -0.116. The summed E-state index contributed by atoms with van der Waals surface area (Å²) >= 11 is 10.1. The van der Waals surface area contributed by atoms with Crippen LogP contribution in [-0.4, -0.2) is 26.7 Å². The van der Waals surface area contributed by atoms with Gasteiger partial charge >= 0.3 is 0 Å². The molecule has 0 spiro atoms. The van der Waals surface area contributed by atoms with Crippen molar-refractivity contribution in [1.82, 2.24) is 15.2 Å². The predicted molar refractivity (Wildman–Crippen MR) is 131 cm³/mol. The number of nitrogens with one attached hydrogen (secondary N) is 1. The van der Waals surface area contributed by atoms with Gasteiger partial charge in [0, 0.05) is 21.7 Å². The average molecular weight is 498 g/mol. The molecule has 6 nitrogen and oxygen atoms in total. The van der Waals surface area contributed by atoms with Gasteiger partial charge in [-0.05, 0) is 24.6 Å². The van der Waals surface area contributed by atoms with Crippen LogP contribution in [0.1, 0.15) is 16.5 Å². The number of Topliss-reactive ketones (excluding diaryl/α,β-unsaturated/α-hetero) is 1. The van der Waals surface area contributed by atoms with Crippen molar-refractivity contribution in [2.45, 2.75) is 17.2 Å². The molecule has 0 bridgehead atoms. The van der Waals surface area contributed by atoms with Crippen LogP contribution in [0.2, 0.25) is 5.02 Å². The normalized spacial score (nSPS) is 11.7. The zero-order valence-electron chi connectivity index (χ0n) is 16.8. The fourth-order valence-corrected chi connectivity index (χ4v) is 5.51. The van der Waals surface area contributed by atoms with E-state index in [4.69, 9.17) is 11.6 Å². The van der Waals surface area contributed by atoms with Gasteiger partial charge in [0.15, 0.2) is 16.0 Å². The Balaban J connectivity index is 1.37. The lowest BCUT2D eigenvalue weighted by atomic mass is 10.1. The van der Waals surface area contributed by atoms with Crippen molar-refractivity contribution in [3.63, 3.8) is 0 Å². The molecule has 1 atom stereocenters. The maximum absolute atomic E-state index is 12.7. The highest BCUT2D eigenvalue weighted by atomic mass is 35.5. The number of aromatic nitrogens is 3. The van der Waals surface area contributed by atoms with E-state index in [0.717, 1.165) is 22.5 Å². The summed E-state index contributed by atoms with van der Waals surface area (Å²) in [5, 5.41) is 24.6. The van der Waals surface area contributed by atoms with Gasteiger partial charge in [-0.3, -0.25) is 4.79 Å². The van der Waals surface area contributed by atoms with E-state index >= 15 is 0 Å². The van der Waals surface area contributed by atoms with E-state index in [-0.39, 0.29) is 11.5 Å². The molecule has 0 fully saturated rings. The number of nitriles is 1. The first-order chi connectivity index (χ1) is 15.5. The third-order valence-electron chi connectivity index (χ3n) is 4.46. The monoisotopic (exact) mass is 497 g/mol. The molecule has 0 radical (unpaired) electrons. The Morgan fingerprint density at radius 2 is 2.06 bits per heavy atom. The second-order valence-electron chi connectivity index (χ2n) is 6.72. The van der Waals surface area contributed by atoms with Gasteiger partial charge in [-0.1, -0.05) is 71.1 Å². The molecule has 4 rings (SSSR count). The molecule has 1 unspecified atom stereocenters. The minimum Gasteiger partial charge on any atom is -0.330 e. The van der Waals surface area contributed by atoms with Gasteiger partial charge in [0.25, 0.3) is 0 Å². The van der Waals surface area contributed by atoms with Gasteiger partial charge in [0.2, 0.25) is 5.13 Å². The van der Waals surface area contributed by atoms with Gasteiger partial charge < -0.3 is 5.32 Å². The van der Waals surface area contributed by atoms with Crippen LogP contribution in [0.5, 0.6) is 0 Å². The zero-order valence-corrected chi connectivity index (χ0v) is 20.0. The van der Waals surface area contributed by atoms with Gasteiger partial charge in [0.05, 0.1) is 17.5 Å². The molecule has 0 saturated carbocycles. The molecule has 32 heavy (non-hydrogen) atoms. The molecule has 10 heteroatoms. The van der Waals surface area contributed by atoms with Crippen molar-refractivity contribution < 1.29 is 4.79 Å². The number of rotatable bonds is 8. The fourth-order valence-electron chi connectivity index (χ4n) is 2.76. The van der Waals surface area contributed by atoms with E-state index in [1.807, 2.05) is 60.8 Å². The highest BCUT2D eigenvalue weighted by Gasteiger charge is 2.24. The predicted octanol–water partition coefficient (Wildman–Crippen LogP) is 6.34. The molecule has 2 aromatic carbocycles. The number of anilines is 2. The summed E-state index contributed by atoms with van der Waals surface area (Å²) in [7, 11) is 0. The Kier molecular flexibility index (Phi) is 7.17. The van der Waals surface area contributed by atoms with Gasteiger partial charge in [-0.25, -0.2) is 4.98 Å². The van der Waals surface area contributed by atoms with Gasteiger partial charge in [-0.2, -0.15) is 5.26 Å². The molecule has 2 heterocycles. The summed E-state index contributed by atoms with van der Waals surface area (Å²) in [4.78, 5) is 17.2. The first-order valence-electron chi connectivity index (χ1n) is 9.46. The van der Waals surface area contributed by atoms with E-state index in [1.165, 1.54) is 34.4 Å². The molecule has 0 saturated heterocycles. The molecule has 0 amide bonds. The van der Waals surface area contributed by atoms with Crippen molar-refractivity contribution in [2.75, 3.05) is 11.1 Å². The Bertz CT molecular complexity index is 1280. The number of hydrogen-bond acceptors (Lipinski definition) is 9. The van der Waals surface area contributed by atoms with E-state index in [2.05, 4.69) is 26.6 Å².